The molecule has 0 aliphatic rings. The minimum absolute atomic E-state index is 0.116. The predicted molar refractivity (Wildman–Crippen MR) is 80.3 cm³/mol. The molecule has 0 fully saturated rings. The van der Waals surface area contributed by atoms with Gasteiger partial charge in [0.15, 0.2) is 0 Å². The SMILES string of the molecule is O=c1oc2c3cc(C(F)(F)F)ccc3ncc2c2ccccc12. The van der Waals surface area contributed by atoms with Crippen molar-refractivity contribution in [1.82, 2.24) is 4.98 Å². The van der Waals surface area contributed by atoms with Crippen molar-refractivity contribution in [2.75, 3.05) is 0 Å². The molecule has 0 N–H and O–H groups in total. The fourth-order valence-corrected chi connectivity index (χ4v) is 2.69. The molecular weight excluding hydrogens is 307 g/mol. The zero-order valence-corrected chi connectivity index (χ0v) is 11.5. The number of hydrogen-bond acceptors (Lipinski definition) is 3. The molecule has 0 radical (unpaired) electrons. The number of pyridine rings is 1. The zero-order chi connectivity index (χ0) is 16.2. The average Bonchev–Trinajstić information content (AvgIpc) is 2.54. The Morgan fingerprint density at radius 2 is 1.65 bits per heavy atom. The Balaban J connectivity index is 2.22. The van der Waals surface area contributed by atoms with Gasteiger partial charge in [0.1, 0.15) is 5.58 Å². The maximum atomic E-state index is 12.9. The quantitative estimate of drug-likeness (QED) is 0.448. The summed E-state index contributed by atoms with van der Waals surface area (Å²) in [6, 6.07) is 9.96. The lowest BCUT2D eigenvalue weighted by atomic mass is 10.1. The molecule has 0 saturated carbocycles. The Kier molecular flexibility index (Phi) is 2.72. The number of hydrogen-bond donors (Lipinski definition) is 0. The second-order valence-electron chi connectivity index (χ2n) is 5.17. The van der Waals surface area contributed by atoms with E-state index in [1.807, 2.05) is 0 Å². The largest absolute Gasteiger partial charge is 0.421 e. The number of aromatic nitrogens is 1. The molecule has 4 rings (SSSR count). The second-order valence-corrected chi connectivity index (χ2v) is 5.17. The van der Waals surface area contributed by atoms with Gasteiger partial charge < -0.3 is 4.42 Å². The third-order valence-corrected chi connectivity index (χ3v) is 3.78. The summed E-state index contributed by atoms with van der Waals surface area (Å²) in [7, 11) is 0. The van der Waals surface area contributed by atoms with Crippen LogP contribution in [-0.4, -0.2) is 4.98 Å². The molecule has 0 spiro atoms. The lowest BCUT2D eigenvalue weighted by Gasteiger charge is -2.09. The van der Waals surface area contributed by atoms with E-state index in [1.54, 1.807) is 24.3 Å². The minimum atomic E-state index is -4.48. The normalized spacial score (nSPS) is 12.3. The van der Waals surface area contributed by atoms with Crippen LogP contribution in [0.5, 0.6) is 0 Å². The first-order valence-corrected chi connectivity index (χ1v) is 6.77. The second kappa shape index (κ2) is 4.55. The Labute approximate surface area is 127 Å². The van der Waals surface area contributed by atoms with Crippen LogP contribution in [0.15, 0.2) is 57.9 Å². The number of nitrogens with zero attached hydrogens (tertiary/aromatic N) is 1. The Morgan fingerprint density at radius 1 is 0.913 bits per heavy atom. The fraction of sp³-hybridized carbons (Fsp3) is 0.0588. The van der Waals surface area contributed by atoms with E-state index in [-0.39, 0.29) is 11.0 Å². The van der Waals surface area contributed by atoms with Gasteiger partial charge in [0.05, 0.1) is 16.5 Å². The molecule has 6 heteroatoms. The molecule has 0 saturated heterocycles. The van der Waals surface area contributed by atoms with Gasteiger partial charge in [-0.3, -0.25) is 4.98 Å². The van der Waals surface area contributed by atoms with E-state index in [9.17, 15) is 18.0 Å². The van der Waals surface area contributed by atoms with E-state index in [0.29, 0.717) is 21.7 Å². The molecule has 0 bridgehead atoms. The van der Waals surface area contributed by atoms with Gasteiger partial charge in [-0.25, -0.2) is 4.79 Å². The molecule has 0 aliphatic heterocycles. The van der Waals surface area contributed by atoms with Crippen molar-refractivity contribution in [3.63, 3.8) is 0 Å². The van der Waals surface area contributed by atoms with Crippen LogP contribution in [0.2, 0.25) is 0 Å². The van der Waals surface area contributed by atoms with Gasteiger partial charge in [-0.05, 0) is 24.3 Å². The Hall–Kier alpha value is -2.89. The standard InChI is InChI=1S/C17H8F3NO2/c18-17(19,20)9-5-6-14-12(7-9)15-13(8-21-14)10-3-1-2-4-11(10)16(22)23-15/h1-8H. The van der Waals surface area contributed by atoms with Crippen molar-refractivity contribution in [3.05, 3.63) is 64.6 Å². The molecule has 2 aromatic carbocycles. The summed E-state index contributed by atoms with van der Waals surface area (Å²) < 4.78 is 44.1. The van der Waals surface area contributed by atoms with Crippen LogP contribution < -0.4 is 5.63 Å². The molecule has 0 amide bonds. The first-order valence-electron chi connectivity index (χ1n) is 6.77. The van der Waals surface area contributed by atoms with Crippen molar-refractivity contribution in [3.8, 4) is 0 Å². The molecule has 0 atom stereocenters. The summed E-state index contributed by atoms with van der Waals surface area (Å²) in [5.74, 6) is 0. The highest BCUT2D eigenvalue weighted by molar-refractivity contribution is 6.12. The van der Waals surface area contributed by atoms with Crippen LogP contribution in [0.3, 0.4) is 0 Å². The molecule has 3 nitrogen and oxygen atoms in total. The van der Waals surface area contributed by atoms with E-state index in [0.717, 1.165) is 12.1 Å². The topological polar surface area (TPSA) is 43.1 Å². The fourth-order valence-electron chi connectivity index (χ4n) is 2.69. The number of fused-ring (bicyclic) bond motifs is 5. The summed E-state index contributed by atoms with van der Waals surface area (Å²) in [6.07, 6.45) is -2.97. The predicted octanol–water partition coefficient (Wildman–Crippen LogP) is 4.51. The summed E-state index contributed by atoms with van der Waals surface area (Å²) in [5, 5.41) is 1.64. The smallest absolute Gasteiger partial charge is 0.416 e. The Bertz CT molecular complexity index is 1130. The maximum Gasteiger partial charge on any atom is 0.416 e. The zero-order valence-electron chi connectivity index (χ0n) is 11.5. The molecule has 2 aromatic heterocycles. The third kappa shape index (κ3) is 2.06. The number of rotatable bonds is 0. The minimum Gasteiger partial charge on any atom is -0.421 e. The van der Waals surface area contributed by atoms with E-state index in [2.05, 4.69) is 4.98 Å². The molecule has 0 unspecified atom stereocenters. The lowest BCUT2D eigenvalue weighted by Crippen LogP contribution is -2.05. The summed E-state index contributed by atoms with van der Waals surface area (Å²) in [6.45, 7) is 0. The van der Waals surface area contributed by atoms with Crippen LogP contribution in [0.4, 0.5) is 13.2 Å². The molecular formula is C17H8F3NO2. The van der Waals surface area contributed by atoms with Gasteiger partial charge in [0.25, 0.3) is 0 Å². The van der Waals surface area contributed by atoms with E-state index in [1.165, 1.54) is 12.3 Å². The van der Waals surface area contributed by atoms with Crippen LogP contribution in [0.25, 0.3) is 32.6 Å². The van der Waals surface area contributed by atoms with Gasteiger partial charge in [-0.1, -0.05) is 18.2 Å². The third-order valence-electron chi connectivity index (χ3n) is 3.78. The first kappa shape index (κ1) is 13.8. The summed E-state index contributed by atoms with van der Waals surface area (Å²) in [5.41, 5.74) is -0.943. The average molecular weight is 315 g/mol. The van der Waals surface area contributed by atoms with Gasteiger partial charge in [0.2, 0.25) is 0 Å². The van der Waals surface area contributed by atoms with Gasteiger partial charge in [0, 0.05) is 22.4 Å². The van der Waals surface area contributed by atoms with E-state index < -0.39 is 17.4 Å². The highest BCUT2D eigenvalue weighted by atomic mass is 19.4. The molecule has 114 valence electrons. The van der Waals surface area contributed by atoms with Crippen molar-refractivity contribution in [2.24, 2.45) is 0 Å². The van der Waals surface area contributed by atoms with Gasteiger partial charge in [-0.15, -0.1) is 0 Å². The van der Waals surface area contributed by atoms with Crippen LogP contribution in [-0.2, 0) is 6.18 Å². The summed E-state index contributed by atoms with van der Waals surface area (Å²) in [4.78, 5) is 16.3. The Morgan fingerprint density at radius 3 is 2.39 bits per heavy atom. The highest BCUT2D eigenvalue weighted by Crippen LogP contribution is 2.34. The van der Waals surface area contributed by atoms with Crippen molar-refractivity contribution in [1.29, 1.82) is 0 Å². The van der Waals surface area contributed by atoms with E-state index in [4.69, 9.17) is 4.42 Å². The van der Waals surface area contributed by atoms with Crippen molar-refractivity contribution < 1.29 is 17.6 Å². The van der Waals surface area contributed by atoms with E-state index >= 15 is 0 Å². The highest BCUT2D eigenvalue weighted by Gasteiger charge is 2.30. The van der Waals surface area contributed by atoms with Crippen LogP contribution in [0, 0.1) is 0 Å². The number of alkyl halides is 3. The van der Waals surface area contributed by atoms with Crippen molar-refractivity contribution in [2.45, 2.75) is 6.18 Å². The first-order chi connectivity index (χ1) is 10.9. The molecule has 23 heavy (non-hydrogen) atoms. The molecule has 0 aliphatic carbocycles. The lowest BCUT2D eigenvalue weighted by molar-refractivity contribution is -0.137. The molecule has 4 aromatic rings. The monoisotopic (exact) mass is 315 g/mol. The number of halogens is 3. The van der Waals surface area contributed by atoms with Gasteiger partial charge >= 0.3 is 11.8 Å². The summed E-state index contributed by atoms with van der Waals surface area (Å²) >= 11 is 0. The van der Waals surface area contributed by atoms with Crippen LogP contribution >= 0.6 is 0 Å². The van der Waals surface area contributed by atoms with Gasteiger partial charge in [-0.2, -0.15) is 13.2 Å². The van der Waals surface area contributed by atoms with Crippen LogP contribution in [0.1, 0.15) is 5.56 Å². The number of benzene rings is 2. The molecule has 2 heterocycles. The van der Waals surface area contributed by atoms with Crippen molar-refractivity contribution >= 4 is 32.6 Å². The maximum absolute atomic E-state index is 12.9.